The van der Waals surface area contributed by atoms with E-state index < -0.39 is 0 Å². The van der Waals surface area contributed by atoms with Crippen LogP contribution in [0.5, 0.6) is 5.88 Å². The molecule has 0 radical (unpaired) electrons. The van der Waals surface area contributed by atoms with Crippen LogP contribution in [0.4, 0.5) is 0 Å². The second-order valence-corrected chi connectivity index (χ2v) is 1.85. The fourth-order valence-electron chi connectivity index (χ4n) is 0.661. The summed E-state index contributed by atoms with van der Waals surface area (Å²) < 4.78 is 5.51. The predicted molar refractivity (Wildman–Crippen MR) is 34.5 cm³/mol. The van der Waals surface area contributed by atoms with Gasteiger partial charge in [-0.1, -0.05) is 0 Å². The highest BCUT2D eigenvalue weighted by atomic mass is 16.5. The number of hydrogen-bond acceptors (Lipinski definition) is 3. The van der Waals surface area contributed by atoms with Crippen molar-refractivity contribution in [2.75, 3.05) is 7.11 Å². The largest absolute Gasteiger partial charge is 0.618 e. The number of hydrogen-bond donors (Lipinski definition) is 0. The average molecular weight is 140 g/mol. The number of methoxy groups -OCH3 is 1. The van der Waals surface area contributed by atoms with E-state index >= 15 is 0 Å². The molecule has 0 amide bonds. The topological polar surface area (TPSA) is 49.1 Å². The third-order valence-corrected chi connectivity index (χ3v) is 1.23. The van der Waals surface area contributed by atoms with Crippen molar-refractivity contribution in [3.8, 4) is 5.88 Å². The highest BCUT2D eigenvalue weighted by Gasteiger charge is 2.06. The van der Waals surface area contributed by atoms with Crippen LogP contribution in [0.15, 0.2) is 12.4 Å². The number of ether oxygens (including phenoxy) is 1. The monoisotopic (exact) mass is 140 g/mol. The molecule has 0 unspecified atom stereocenters. The molecular formula is C6H8N2O2. The van der Waals surface area contributed by atoms with Gasteiger partial charge in [-0.2, -0.15) is 4.73 Å². The van der Waals surface area contributed by atoms with Gasteiger partial charge in [0.1, 0.15) is 0 Å². The molecule has 0 bridgehead atoms. The van der Waals surface area contributed by atoms with Gasteiger partial charge in [0.25, 0.3) is 11.6 Å². The van der Waals surface area contributed by atoms with Gasteiger partial charge in [-0.25, -0.2) is 4.98 Å². The van der Waals surface area contributed by atoms with E-state index in [2.05, 4.69) is 4.98 Å². The van der Waals surface area contributed by atoms with Crippen LogP contribution in [0.3, 0.4) is 0 Å². The Morgan fingerprint density at radius 3 is 2.90 bits per heavy atom. The molecule has 0 fully saturated rings. The fourth-order valence-corrected chi connectivity index (χ4v) is 0.661. The van der Waals surface area contributed by atoms with Gasteiger partial charge in [-0.3, -0.25) is 0 Å². The third-order valence-electron chi connectivity index (χ3n) is 1.23. The minimum atomic E-state index is 0.373. The Kier molecular flexibility index (Phi) is 1.71. The van der Waals surface area contributed by atoms with Gasteiger partial charge in [-0.05, 0) is 0 Å². The summed E-state index contributed by atoms with van der Waals surface area (Å²) in [5.74, 6) is 0.373. The van der Waals surface area contributed by atoms with Crippen molar-refractivity contribution in [2.45, 2.75) is 6.92 Å². The Bertz CT molecular complexity index is 237. The van der Waals surface area contributed by atoms with Crippen LogP contribution < -0.4 is 9.47 Å². The summed E-state index contributed by atoms with van der Waals surface area (Å²) in [6, 6.07) is 0. The smallest absolute Gasteiger partial charge is 0.284 e. The molecular weight excluding hydrogens is 132 g/mol. The Morgan fingerprint density at radius 1 is 1.70 bits per heavy atom. The average Bonchev–Trinajstić information content (AvgIpc) is 1.95. The van der Waals surface area contributed by atoms with E-state index in [4.69, 9.17) is 4.74 Å². The van der Waals surface area contributed by atoms with Crippen LogP contribution in [-0.2, 0) is 0 Å². The Balaban J connectivity index is 3.14. The van der Waals surface area contributed by atoms with E-state index in [-0.39, 0.29) is 0 Å². The van der Waals surface area contributed by atoms with Crippen LogP contribution in [0.2, 0.25) is 0 Å². The highest BCUT2D eigenvalue weighted by Crippen LogP contribution is 2.05. The lowest BCUT2D eigenvalue weighted by molar-refractivity contribution is -0.613. The second kappa shape index (κ2) is 2.51. The molecule has 1 aromatic heterocycles. The van der Waals surface area contributed by atoms with Crippen molar-refractivity contribution >= 4 is 0 Å². The Hall–Kier alpha value is -1.32. The van der Waals surface area contributed by atoms with E-state index in [1.165, 1.54) is 19.5 Å². The maximum atomic E-state index is 10.8. The van der Waals surface area contributed by atoms with E-state index in [1.807, 2.05) is 0 Å². The molecule has 0 aliphatic rings. The lowest BCUT2D eigenvalue weighted by Gasteiger charge is -2.02. The molecule has 0 aromatic carbocycles. The fraction of sp³-hybridized carbons (Fsp3) is 0.333. The zero-order valence-corrected chi connectivity index (χ0v) is 5.87. The van der Waals surface area contributed by atoms with Gasteiger partial charge in [0.15, 0.2) is 6.20 Å². The minimum absolute atomic E-state index is 0.373. The Morgan fingerprint density at radius 2 is 2.40 bits per heavy atom. The van der Waals surface area contributed by atoms with Crippen LogP contribution in [0, 0.1) is 12.1 Å². The van der Waals surface area contributed by atoms with E-state index in [9.17, 15) is 5.21 Å². The number of rotatable bonds is 1. The first kappa shape index (κ1) is 6.80. The first-order valence-electron chi connectivity index (χ1n) is 2.84. The van der Waals surface area contributed by atoms with E-state index in [0.717, 1.165) is 0 Å². The van der Waals surface area contributed by atoms with E-state index in [1.54, 1.807) is 6.92 Å². The zero-order chi connectivity index (χ0) is 7.56. The lowest BCUT2D eigenvalue weighted by atomic mass is 10.5. The van der Waals surface area contributed by atoms with Crippen molar-refractivity contribution < 1.29 is 9.47 Å². The molecule has 54 valence electrons. The molecule has 0 aliphatic carbocycles. The summed E-state index contributed by atoms with van der Waals surface area (Å²) in [4.78, 5) is 3.81. The maximum Gasteiger partial charge on any atom is 0.284 e. The first-order valence-corrected chi connectivity index (χ1v) is 2.84. The standard InChI is InChI=1S/C6H8N2O2/c1-5-6(10-2)7-3-4-8(5)9/h3-4H,1-2H3. The summed E-state index contributed by atoms with van der Waals surface area (Å²) >= 11 is 0. The van der Waals surface area contributed by atoms with Gasteiger partial charge >= 0.3 is 0 Å². The van der Waals surface area contributed by atoms with Crippen molar-refractivity contribution in [2.24, 2.45) is 0 Å². The van der Waals surface area contributed by atoms with Gasteiger partial charge in [0, 0.05) is 6.92 Å². The van der Waals surface area contributed by atoms with Gasteiger partial charge < -0.3 is 9.94 Å². The Labute approximate surface area is 58.7 Å². The van der Waals surface area contributed by atoms with Crippen LogP contribution in [0.25, 0.3) is 0 Å². The second-order valence-electron chi connectivity index (χ2n) is 1.85. The molecule has 0 saturated carbocycles. The molecule has 0 saturated heterocycles. The van der Waals surface area contributed by atoms with Crippen LogP contribution >= 0.6 is 0 Å². The van der Waals surface area contributed by atoms with Gasteiger partial charge in [0.05, 0.1) is 13.3 Å². The maximum absolute atomic E-state index is 10.8. The SMILES string of the molecule is COc1ncc[n+]([O-])c1C. The quantitative estimate of drug-likeness (QED) is 0.408. The first-order chi connectivity index (χ1) is 4.75. The highest BCUT2D eigenvalue weighted by molar-refractivity contribution is 5.09. The summed E-state index contributed by atoms with van der Waals surface area (Å²) in [6.45, 7) is 1.65. The summed E-state index contributed by atoms with van der Waals surface area (Å²) in [7, 11) is 1.48. The summed E-state index contributed by atoms with van der Waals surface area (Å²) in [6.07, 6.45) is 2.73. The minimum Gasteiger partial charge on any atom is -0.618 e. The van der Waals surface area contributed by atoms with Gasteiger partial charge in [-0.15, -0.1) is 0 Å². The lowest BCUT2D eigenvalue weighted by Crippen LogP contribution is -2.29. The van der Waals surface area contributed by atoms with Gasteiger partial charge in [0.2, 0.25) is 0 Å². The molecule has 1 heterocycles. The molecule has 0 aliphatic heterocycles. The summed E-state index contributed by atoms with van der Waals surface area (Å²) in [5.41, 5.74) is 0.477. The van der Waals surface area contributed by atoms with Crippen molar-refractivity contribution in [3.63, 3.8) is 0 Å². The molecule has 10 heavy (non-hydrogen) atoms. The van der Waals surface area contributed by atoms with Crippen LogP contribution in [-0.4, -0.2) is 12.1 Å². The molecule has 0 N–H and O–H groups in total. The van der Waals surface area contributed by atoms with Crippen molar-refractivity contribution in [1.29, 1.82) is 0 Å². The molecule has 1 rings (SSSR count). The molecule has 1 aromatic rings. The molecule has 4 nitrogen and oxygen atoms in total. The zero-order valence-electron chi connectivity index (χ0n) is 5.87. The van der Waals surface area contributed by atoms with Crippen molar-refractivity contribution in [1.82, 2.24) is 4.98 Å². The normalized spacial score (nSPS) is 9.40. The molecule has 4 heteroatoms. The van der Waals surface area contributed by atoms with Crippen molar-refractivity contribution in [3.05, 3.63) is 23.3 Å². The number of nitrogens with zero attached hydrogens (tertiary/aromatic N) is 2. The molecule has 0 spiro atoms. The molecule has 0 atom stereocenters. The summed E-state index contributed by atoms with van der Waals surface area (Å²) in [5, 5.41) is 10.8. The third kappa shape index (κ3) is 1.00. The van der Waals surface area contributed by atoms with E-state index in [0.29, 0.717) is 16.3 Å². The predicted octanol–water partition coefficient (Wildman–Crippen LogP) is 0.0320. The van der Waals surface area contributed by atoms with Crippen LogP contribution in [0.1, 0.15) is 5.69 Å². The number of aromatic nitrogens is 2.